The van der Waals surface area contributed by atoms with E-state index in [1.807, 2.05) is 17.0 Å². The van der Waals surface area contributed by atoms with Crippen LogP contribution in [0.15, 0.2) is 47.8 Å². The largest absolute Gasteiger partial charge is 0.353 e. The molecule has 3 heterocycles. The molecule has 3 aromatic rings. The average Bonchev–Trinajstić information content (AvgIpc) is 2.72. The Balaban J connectivity index is 1.64. The minimum absolute atomic E-state index is 0.0660. The lowest BCUT2D eigenvalue weighted by Gasteiger charge is -2.33. The van der Waals surface area contributed by atoms with Crippen molar-refractivity contribution in [1.29, 1.82) is 0 Å². The molecular weight excluding hydrogens is 428 g/mol. The van der Waals surface area contributed by atoms with E-state index in [1.165, 1.54) is 22.8 Å². The molecule has 2 aromatic heterocycles. The summed E-state index contributed by atoms with van der Waals surface area (Å²) in [5.74, 6) is 0.657. The number of hydrogen-bond acceptors (Lipinski definition) is 8. The van der Waals surface area contributed by atoms with E-state index in [1.54, 1.807) is 18.5 Å². The summed E-state index contributed by atoms with van der Waals surface area (Å²) in [7, 11) is -7.06. The number of pyridine rings is 1. The molecule has 0 aliphatic carbocycles. The third-order valence-electron chi connectivity index (χ3n) is 4.94. The van der Waals surface area contributed by atoms with Gasteiger partial charge in [-0.2, -0.15) is 4.31 Å². The molecule has 0 unspecified atom stereocenters. The van der Waals surface area contributed by atoms with Crippen LogP contribution in [0.25, 0.3) is 22.2 Å². The van der Waals surface area contributed by atoms with Crippen molar-refractivity contribution in [2.75, 3.05) is 37.3 Å². The Kier molecular flexibility index (Phi) is 5.18. The Labute approximate surface area is 174 Å². The Morgan fingerprint density at radius 1 is 0.900 bits per heavy atom. The van der Waals surface area contributed by atoms with Crippen LogP contribution >= 0.6 is 0 Å². The zero-order chi connectivity index (χ0) is 21.5. The van der Waals surface area contributed by atoms with Gasteiger partial charge in [0.1, 0.15) is 10.7 Å². The first kappa shape index (κ1) is 20.6. The molecule has 0 bridgehead atoms. The summed E-state index contributed by atoms with van der Waals surface area (Å²) < 4.78 is 48.0. The molecule has 0 saturated carbocycles. The standard InChI is InChI=1S/C18H20N6O4S2/c1-29(25,26)24-6-4-23(5-7-24)18-12-21-16-3-2-13(9-17(16)22-18)14-8-15(11-20-10-14)30(19,27)28/h2-3,8-12H,4-7H2,1H3,(H2,19,27,28). The summed E-state index contributed by atoms with van der Waals surface area (Å²) in [5, 5.41) is 5.20. The molecule has 10 nitrogen and oxygen atoms in total. The maximum atomic E-state index is 11.7. The zero-order valence-electron chi connectivity index (χ0n) is 16.1. The SMILES string of the molecule is CS(=O)(=O)N1CCN(c2cnc3ccc(-c4cncc(S(N)(=O)=O)c4)cc3n2)CC1. The molecule has 0 spiro atoms. The number of aromatic nitrogens is 3. The molecule has 1 fully saturated rings. The molecule has 30 heavy (non-hydrogen) atoms. The van der Waals surface area contributed by atoms with Crippen molar-refractivity contribution in [2.45, 2.75) is 4.90 Å². The summed E-state index contributed by atoms with van der Waals surface area (Å²) in [6.07, 6.45) is 5.63. The lowest BCUT2D eigenvalue weighted by Crippen LogP contribution is -2.48. The fourth-order valence-corrected chi connectivity index (χ4v) is 4.64. The van der Waals surface area contributed by atoms with Gasteiger partial charge in [0.05, 0.1) is 23.5 Å². The molecule has 1 aliphatic heterocycles. The van der Waals surface area contributed by atoms with Crippen molar-refractivity contribution >= 4 is 36.9 Å². The maximum Gasteiger partial charge on any atom is 0.239 e. The first-order valence-electron chi connectivity index (χ1n) is 9.06. The summed E-state index contributed by atoms with van der Waals surface area (Å²) >= 11 is 0. The number of rotatable bonds is 4. The summed E-state index contributed by atoms with van der Waals surface area (Å²) in [6, 6.07) is 6.88. The number of benzene rings is 1. The van der Waals surface area contributed by atoms with Gasteiger partial charge in [0, 0.05) is 44.1 Å². The molecule has 1 aromatic carbocycles. The van der Waals surface area contributed by atoms with E-state index in [0.717, 1.165) is 5.56 Å². The lowest BCUT2D eigenvalue weighted by atomic mass is 10.1. The van der Waals surface area contributed by atoms with Gasteiger partial charge in [-0.15, -0.1) is 0 Å². The van der Waals surface area contributed by atoms with Gasteiger partial charge in [0.2, 0.25) is 20.0 Å². The number of nitrogens with zero attached hydrogens (tertiary/aromatic N) is 5. The van der Waals surface area contributed by atoms with Crippen LogP contribution in [-0.4, -0.2) is 68.5 Å². The van der Waals surface area contributed by atoms with Gasteiger partial charge in [-0.1, -0.05) is 6.07 Å². The Morgan fingerprint density at radius 2 is 1.63 bits per heavy atom. The minimum atomic E-state index is -3.86. The molecular formula is C18H20N6O4S2. The Hall–Kier alpha value is -2.67. The van der Waals surface area contributed by atoms with E-state index in [4.69, 9.17) is 5.14 Å². The van der Waals surface area contributed by atoms with Gasteiger partial charge in [-0.3, -0.25) is 9.97 Å². The second-order valence-corrected chi connectivity index (χ2v) is 10.6. The van der Waals surface area contributed by atoms with Crippen LogP contribution < -0.4 is 10.0 Å². The number of hydrogen-bond donors (Lipinski definition) is 1. The average molecular weight is 449 g/mol. The highest BCUT2D eigenvalue weighted by Gasteiger charge is 2.24. The fraction of sp³-hybridized carbons (Fsp3) is 0.278. The first-order valence-corrected chi connectivity index (χ1v) is 12.5. The van der Waals surface area contributed by atoms with E-state index in [9.17, 15) is 16.8 Å². The van der Waals surface area contributed by atoms with Crippen molar-refractivity contribution in [2.24, 2.45) is 5.14 Å². The molecule has 2 N–H and O–H groups in total. The van der Waals surface area contributed by atoms with E-state index in [-0.39, 0.29) is 4.90 Å². The predicted octanol–water partition coefficient (Wildman–Crippen LogP) is 0.421. The van der Waals surface area contributed by atoms with Crippen molar-refractivity contribution in [3.8, 4) is 11.1 Å². The molecule has 1 saturated heterocycles. The number of sulfonamides is 2. The third-order valence-corrected chi connectivity index (χ3v) is 7.12. The number of anilines is 1. The molecule has 0 atom stereocenters. The number of nitrogens with two attached hydrogens (primary N) is 1. The lowest BCUT2D eigenvalue weighted by molar-refractivity contribution is 0.387. The molecule has 12 heteroatoms. The highest BCUT2D eigenvalue weighted by molar-refractivity contribution is 7.89. The van der Waals surface area contributed by atoms with Gasteiger partial charge in [-0.25, -0.2) is 27.0 Å². The van der Waals surface area contributed by atoms with Crippen LogP contribution in [0.1, 0.15) is 0 Å². The van der Waals surface area contributed by atoms with E-state index >= 15 is 0 Å². The third kappa shape index (κ3) is 4.26. The van der Waals surface area contributed by atoms with Crippen LogP contribution in [0.5, 0.6) is 0 Å². The van der Waals surface area contributed by atoms with Crippen LogP contribution in [-0.2, 0) is 20.0 Å². The Bertz CT molecular complexity index is 1320. The molecule has 0 radical (unpaired) electrons. The van der Waals surface area contributed by atoms with Crippen molar-refractivity contribution < 1.29 is 16.8 Å². The minimum Gasteiger partial charge on any atom is -0.353 e. The van der Waals surface area contributed by atoms with E-state index < -0.39 is 20.0 Å². The van der Waals surface area contributed by atoms with Crippen LogP contribution in [0, 0.1) is 0 Å². The normalized spacial score (nSPS) is 16.1. The topological polar surface area (TPSA) is 139 Å². The van der Waals surface area contributed by atoms with Crippen LogP contribution in [0.3, 0.4) is 0 Å². The maximum absolute atomic E-state index is 11.7. The number of piperazine rings is 1. The summed E-state index contributed by atoms with van der Waals surface area (Å²) in [6.45, 7) is 1.83. The second-order valence-electron chi connectivity index (χ2n) is 7.04. The van der Waals surface area contributed by atoms with Gasteiger partial charge < -0.3 is 4.90 Å². The Morgan fingerprint density at radius 3 is 2.30 bits per heavy atom. The van der Waals surface area contributed by atoms with Crippen molar-refractivity contribution in [1.82, 2.24) is 19.3 Å². The highest BCUT2D eigenvalue weighted by atomic mass is 32.2. The highest BCUT2D eigenvalue weighted by Crippen LogP contribution is 2.25. The summed E-state index contributed by atoms with van der Waals surface area (Å²) in [5.41, 5.74) is 2.65. The molecule has 0 amide bonds. The summed E-state index contributed by atoms with van der Waals surface area (Å²) in [4.78, 5) is 15.0. The number of primary sulfonamides is 1. The van der Waals surface area contributed by atoms with Gasteiger partial charge in [0.25, 0.3) is 0 Å². The van der Waals surface area contributed by atoms with E-state index in [2.05, 4.69) is 15.0 Å². The van der Waals surface area contributed by atoms with Gasteiger partial charge in [0.15, 0.2) is 0 Å². The van der Waals surface area contributed by atoms with Gasteiger partial charge >= 0.3 is 0 Å². The molecule has 158 valence electrons. The fourth-order valence-electron chi connectivity index (χ4n) is 3.31. The second kappa shape index (κ2) is 7.54. The van der Waals surface area contributed by atoms with E-state index in [0.29, 0.717) is 48.6 Å². The quantitative estimate of drug-likeness (QED) is 0.606. The van der Waals surface area contributed by atoms with Crippen LogP contribution in [0.4, 0.5) is 5.82 Å². The van der Waals surface area contributed by atoms with Gasteiger partial charge in [-0.05, 0) is 23.8 Å². The number of fused-ring (bicyclic) bond motifs is 1. The van der Waals surface area contributed by atoms with Crippen LogP contribution in [0.2, 0.25) is 0 Å². The predicted molar refractivity (Wildman–Crippen MR) is 113 cm³/mol. The monoisotopic (exact) mass is 448 g/mol. The first-order chi connectivity index (χ1) is 14.1. The molecule has 4 rings (SSSR count). The van der Waals surface area contributed by atoms with Crippen molar-refractivity contribution in [3.05, 3.63) is 42.9 Å². The zero-order valence-corrected chi connectivity index (χ0v) is 17.8. The van der Waals surface area contributed by atoms with Crippen molar-refractivity contribution in [3.63, 3.8) is 0 Å². The molecule has 1 aliphatic rings. The smallest absolute Gasteiger partial charge is 0.239 e.